The third kappa shape index (κ3) is 3.90. The first-order chi connectivity index (χ1) is 24.8. The highest BCUT2D eigenvalue weighted by molar-refractivity contribution is 6.24. The Balaban J connectivity index is 1.19. The van der Waals surface area contributed by atoms with Crippen LogP contribution < -0.4 is 4.90 Å². The summed E-state index contributed by atoms with van der Waals surface area (Å²) in [6.07, 6.45) is 0. The molecular weight excluding hydrogens is 605 g/mol. The second-order valence-electron chi connectivity index (χ2n) is 13.4. The summed E-state index contributed by atoms with van der Waals surface area (Å²) in [7, 11) is 0. The molecule has 0 radical (unpaired) electrons. The number of benzene rings is 9. The van der Waals surface area contributed by atoms with E-state index in [0.29, 0.717) is 0 Å². The lowest BCUT2D eigenvalue weighted by molar-refractivity contribution is 1.18. The largest absolute Gasteiger partial charge is 0.310 e. The number of rotatable bonds is 4. The minimum absolute atomic E-state index is 1.12. The zero-order chi connectivity index (χ0) is 32.8. The molecule has 0 atom stereocenters. The first-order valence-corrected chi connectivity index (χ1v) is 17.3. The summed E-state index contributed by atoms with van der Waals surface area (Å²) in [5.74, 6) is 0. The van der Waals surface area contributed by atoms with Crippen molar-refractivity contribution >= 4 is 71.2 Å². The van der Waals surface area contributed by atoms with E-state index in [0.717, 1.165) is 22.7 Å². The van der Waals surface area contributed by atoms with E-state index in [9.17, 15) is 0 Å². The third-order valence-corrected chi connectivity index (χ3v) is 10.6. The maximum absolute atomic E-state index is 2.43. The van der Waals surface area contributed by atoms with Crippen molar-refractivity contribution in [2.45, 2.75) is 0 Å². The monoisotopic (exact) mass is 634 g/mol. The Hall–Kier alpha value is -6.64. The fourth-order valence-corrected chi connectivity index (χ4v) is 8.46. The van der Waals surface area contributed by atoms with Crippen molar-refractivity contribution in [1.82, 2.24) is 4.57 Å². The molecule has 0 saturated carbocycles. The molecule has 0 aliphatic heterocycles. The van der Waals surface area contributed by atoms with Gasteiger partial charge in [-0.1, -0.05) is 121 Å². The van der Waals surface area contributed by atoms with Crippen LogP contribution in [0.1, 0.15) is 0 Å². The SMILES string of the molecule is c1ccc(-n2c3ccccc3c3ccc(N(c4ccc5c(c4)-c4c6ccccc6cc6cccc-5c46)c4ccc5ccccc5c4)cc32)cc1. The lowest BCUT2D eigenvalue weighted by Crippen LogP contribution is -2.10. The molecule has 9 aromatic carbocycles. The van der Waals surface area contributed by atoms with Crippen LogP contribution in [0.25, 0.3) is 82.1 Å². The van der Waals surface area contributed by atoms with Gasteiger partial charge in [-0.3, -0.25) is 0 Å². The predicted octanol–water partition coefficient (Wildman–Crippen LogP) is 13.4. The molecule has 1 heterocycles. The average Bonchev–Trinajstić information content (AvgIpc) is 3.69. The summed E-state index contributed by atoms with van der Waals surface area (Å²) in [5.41, 5.74) is 12.2. The summed E-state index contributed by atoms with van der Waals surface area (Å²) >= 11 is 0. The number of aromatic nitrogens is 1. The van der Waals surface area contributed by atoms with Crippen LogP contribution in [0.3, 0.4) is 0 Å². The van der Waals surface area contributed by atoms with Crippen LogP contribution in [-0.4, -0.2) is 4.57 Å². The molecule has 0 unspecified atom stereocenters. The molecule has 0 amide bonds. The third-order valence-electron chi connectivity index (χ3n) is 10.6. The minimum Gasteiger partial charge on any atom is -0.310 e. The highest BCUT2D eigenvalue weighted by atomic mass is 15.1. The van der Waals surface area contributed by atoms with Crippen LogP contribution in [0.4, 0.5) is 17.1 Å². The van der Waals surface area contributed by atoms with E-state index in [1.165, 1.54) is 76.4 Å². The maximum atomic E-state index is 2.43. The molecule has 0 N–H and O–H groups in total. The Morgan fingerprint density at radius 1 is 0.340 bits per heavy atom. The van der Waals surface area contributed by atoms with Gasteiger partial charge in [0.05, 0.1) is 11.0 Å². The Bertz CT molecular complexity index is 2990. The van der Waals surface area contributed by atoms with Gasteiger partial charge in [-0.25, -0.2) is 0 Å². The van der Waals surface area contributed by atoms with Gasteiger partial charge in [0.1, 0.15) is 0 Å². The number of nitrogens with zero attached hydrogens (tertiary/aromatic N) is 2. The van der Waals surface area contributed by atoms with Gasteiger partial charge in [0.25, 0.3) is 0 Å². The van der Waals surface area contributed by atoms with Crippen molar-refractivity contribution in [3.05, 3.63) is 182 Å². The Kier molecular flexibility index (Phi) is 5.70. The van der Waals surface area contributed by atoms with Gasteiger partial charge in [0.2, 0.25) is 0 Å². The number of fused-ring (bicyclic) bond motifs is 9. The van der Waals surface area contributed by atoms with E-state index in [4.69, 9.17) is 0 Å². The van der Waals surface area contributed by atoms with Crippen LogP contribution >= 0.6 is 0 Å². The molecule has 2 heteroatoms. The smallest absolute Gasteiger partial charge is 0.0561 e. The second kappa shape index (κ2) is 10.4. The van der Waals surface area contributed by atoms with Crippen molar-refractivity contribution < 1.29 is 0 Å². The summed E-state index contributed by atoms with van der Waals surface area (Å²) in [6.45, 7) is 0. The average molecular weight is 635 g/mol. The van der Waals surface area contributed by atoms with Crippen LogP contribution in [0.15, 0.2) is 182 Å². The molecule has 232 valence electrons. The Morgan fingerprint density at radius 3 is 1.90 bits per heavy atom. The normalized spacial score (nSPS) is 12.0. The maximum Gasteiger partial charge on any atom is 0.0561 e. The molecule has 0 bridgehead atoms. The van der Waals surface area contributed by atoms with Gasteiger partial charge in [-0.05, 0) is 115 Å². The predicted molar refractivity (Wildman–Crippen MR) is 212 cm³/mol. The van der Waals surface area contributed by atoms with Crippen molar-refractivity contribution in [3.8, 4) is 27.9 Å². The lowest BCUT2D eigenvalue weighted by atomic mass is 9.95. The molecule has 2 nitrogen and oxygen atoms in total. The Labute approximate surface area is 289 Å². The molecule has 0 spiro atoms. The highest BCUT2D eigenvalue weighted by Crippen LogP contribution is 2.52. The van der Waals surface area contributed by atoms with Crippen LogP contribution in [0, 0.1) is 0 Å². The first-order valence-electron chi connectivity index (χ1n) is 17.3. The van der Waals surface area contributed by atoms with Gasteiger partial charge >= 0.3 is 0 Å². The fourth-order valence-electron chi connectivity index (χ4n) is 8.46. The molecule has 1 aliphatic carbocycles. The minimum atomic E-state index is 1.12. The second-order valence-corrected chi connectivity index (χ2v) is 13.4. The summed E-state index contributed by atoms with van der Waals surface area (Å²) in [5, 5.41) is 10.2. The number of hydrogen-bond donors (Lipinski definition) is 0. The van der Waals surface area contributed by atoms with Crippen LogP contribution in [0.5, 0.6) is 0 Å². The first kappa shape index (κ1) is 27.3. The highest BCUT2D eigenvalue weighted by Gasteiger charge is 2.26. The van der Waals surface area contributed by atoms with Gasteiger partial charge in [0, 0.05) is 33.5 Å². The van der Waals surface area contributed by atoms with Crippen LogP contribution in [-0.2, 0) is 0 Å². The molecule has 10 aromatic rings. The fraction of sp³-hybridized carbons (Fsp3) is 0. The molecule has 0 fully saturated rings. The van der Waals surface area contributed by atoms with Gasteiger partial charge in [0.15, 0.2) is 0 Å². The molecule has 11 rings (SSSR count). The van der Waals surface area contributed by atoms with Crippen molar-refractivity contribution in [2.24, 2.45) is 0 Å². The zero-order valence-electron chi connectivity index (χ0n) is 27.2. The van der Waals surface area contributed by atoms with Gasteiger partial charge in [-0.15, -0.1) is 0 Å². The quantitative estimate of drug-likeness (QED) is 0.175. The van der Waals surface area contributed by atoms with E-state index >= 15 is 0 Å². The van der Waals surface area contributed by atoms with E-state index in [1.54, 1.807) is 0 Å². The Morgan fingerprint density at radius 2 is 1.00 bits per heavy atom. The molecule has 1 aliphatic rings. The van der Waals surface area contributed by atoms with Crippen LogP contribution in [0.2, 0.25) is 0 Å². The number of para-hydroxylation sites is 2. The van der Waals surface area contributed by atoms with Crippen molar-refractivity contribution in [3.63, 3.8) is 0 Å². The van der Waals surface area contributed by atoms with E-state index in [1.807, 2.05) is 0 Å². The van der Waals surface area contributed by atoms with E-state index in [-0.39, 0.29) is 0 Å². The van der Waals surface area contributed by atoms with Gasteiger partial charge < -0.3 is 9.47 Å². The number of hydrogen-bond acceptors (Lipinski definition) is 1. The van der Waals surface area contributed by atoms with Crippen molar-refractivity contribution in [1.29, 1.82) is 0 Å². The molecular formula is C48H30N2. The van der Waals surface area contributed by atoms with Crippen molar-refractivity contribution in [2.75, 3.05) is 4.90 Å². The molecule has 0 saturated heterocycles. The number of anilines is 3. The lowest BCUT2D eigenvalue weighted by Gasteiger charge is -2.27. The molecule has 1 aromatic heterocycles. The zero-order valence-corrected chi connectivity index (χ0v) is 27.2. The van der Waals surface area contributed by atoms with E-state index < -0.39 is 0 Å². The summed E-state index contributed by atoms with van der Waals surface area (Å²) < 4.78 is 2.40. The molecule has 50 heavy (non-hydrogen) atoms. The standard InChI is InChI=1S/C48H30N2/c1-2-15-35(16-3-1)50-45-20-9-8-18-41(45)42-26-24-38(30-46(42)50)49(36-22-21-31-11-4-5-12-32(31)28-36)37-23-25-40-43-19-10-14-34-27-33-13-6-7-17-39(33)48(47(34)43)44(40)29-37/h1-30H. The summed E-state index contributed by atoms with van der Waals surface area (Å²) in [4.78, 5) is 2.43. The topological polar surface area (TPSA) is 8.17 Å². The summed E-state index contributed by atoms with van der Waals surface area (Å²) in [6, 6.07) is 66.8. The van der Waals surface area contributed by atoms with E-state index in [2.05, 4.69) is 191 Å². The van der Waals surface area contributed by atoms with Gasteiger partial charge in [-0.2, -0.15) is 0 Å².